The molecule has 2 saturated carbocycles. The second kappa shape index (κ2) is 9.68. The lowest BCUT2D eigenvalue weighted by Gasteiger charge is -2.29. The molecule has 2 aliphatic carbocycles. The summed E-state index contributed by atoms with van der Waals surface area (Å²) in [5.41, 5.74) is 1.03. The van der Waals surface area contributed by atoms with Gasteiger partial charge in [-0.1, -0.05) is 12.1 Å². The molecule has 2 aliphatic rings. The van der Waals surface area contributed by atoms with Crippen LogP contribution in [0.1, 0.15) is 62.2 Å². The Morgan fingerprint density at radius 1 is 1.12 bits per heavy atom. The Kier molecular flexibility index (Phi) is 6.92. The molecular weight excluding hydrogens is 430 g/mol. The van der Waals surface area contributed by atoms with Gasteiger partial charge in [-0.25, -0.2) is 23.1 Å². The summed E-state index contributed by atoms with van der Waals surface area (Å²) >= 11 is 0. The third-order valence-electron chi connectivity index (χ3n) is 6.44. The first-order chi connectivity index (χ1) is 15.3. The van der Waals surface area contributed by atoms with E-state index in [0.29, 0.717) is 23.4 Å². The summed E-state index contributed by atoms with van der Waals surface area (Å²) < 4.78 is 26.3. The van der Waals surface area contributed by atoms with E-state index in [1.807, 2.05) is 6.07 Å². The molecule has 2 aromatic rings. The van der Waals surface area contributed by atoms with E-state index in [1.54, 1.807) is 25.3 Å². The van der Waals surface area contributed by atoms with Gasteiger partial charge in [0.15, 0.2) is 0 Å². The minimum atomic E-state index is -3.19. The third kappa shape index (κ3) is 5.36. The quantitative estimate of drug-likeness (QED) is 0.495. The van der Waals surface area contributed by atoms with Gasteiger partial charge >= 0.3 is 0 Å². The summed E-state index contributed by atoms with van der Waals surface area (Å²) in [6.07, 6.45) is 6.70. The Hall–Kier alpha value is -2.30. The van der Waals surface area contributed by atoms with Crippen molar-refractivity contribution in [3.05, 3.63) is 30.0 Å². The highest BCUT2D eigenvalue weighted by Gasteiger charge is 2.28. The molecule has 1 amide bonds. The number of aliphatic hydroxyl groups is 1. The van der Waals surface area contributed by atoms with Crippen LogP contribution in [0.25, 0.3) is 10.9 Å². The zero-order valence-corrected chi connectivity index (χ0v) is 19.1. The number of hydrogen-bond acceptors (Lipinski definition) is 7. The second-order valence-corrected chi connectivity index (χ2v) is 10.8. The molecule has 174 valence electrons. The van der Waals surface area contributed by atoms with Crippen LogP contribution in [0.3, 0.4) is 0 Å². The molecule has 10 heteroatoms. The summed E-state index contributed by atoms with van der Waals surface area (Å²) in [5.74, 6) is 0.303. The van der Waals surface area contributed by atoms with Crippen LogP contribution in [0, 0.1) is 0 Å². The summed E-state index contributed by atoms with van der Waals surface area (Å²) in [6, 6.07) is 5.29. The number of aliphatic hydroxyl groups excluding tert-OH is 1. The molecule has 0 saturated heterocycles. The number of sulfonamides is 1. The van der Waals surface area contributed by atoms with Crippen molar-refractivity contribution >= 4 is 32.8 Å². The third-order valence-corrected chi connectivity index (χ3v) is 7.89. The van der Waals surface area contributed by atoms with E-state index < -0.39 is 16.1 Å². The Balaban J connectivity index is 1.43. The fourth-order valence-corrected chi connectivity index (χ4v) is 5.45. The molecule has 2 fully saturated rings. The largest absolute Gasteiger partial charge is 0.391 e. The molecular formula is C22H31N5O4S. The van der Waals surface area contributed by atoms with Gasteiger partial charge in [0.1, 0.15) is 0 Å². The summed E-state index contributed by atoms with van der Waals surface area (Å²) in [5, 5.41) is 17.1. The highest BCUT2D eigenvalue weighted by Crippen LogP contribution is 2.24. The summed E-state index contributed by atoms with van der Waals surface area (Å²) in [6.45, 7) is 1.64. The number of carbonyl (C=O) groups excluding carboxylic acids is 1. The first-order valence-electron chi connectivity index (χ1n) is 11.4. The number of anilines is 1. The molecule has 0 unspecified atom stereocenters. The topological polar surface area (TPSA) is 133 Å². The highest BCUT2D eigenvalue weighted by atomic mass is 32.2. The molecule has 32 heavy (non-hydrogen) atoms. The molecule has 1 heterocycles. The van der Waals surface area contributed by atoms with Crippen molar-refractivity contribution in [2.75, 3.05) is 11.1 Å². The van der Waals surface area contributed by atoms with E-state index in [2.05, 4.69) is 25.3 Å². The number of hydrogen-bond donors (Lipinski definition) is 4. The zero-order chi connectivity index (χ0) is 22.7. The van der Waals surface area contributed by atoms with E-state index in [-0.39, 0.29) is 29.8 Å². The van der Waals surface area contributed by atoms with Crippen molar-refractivity contribution in [1.29, 1.82) is 0 Å². The van der Waals surface area contributed by atoms with Gasteiger partial charge in [-0.05, 0) is 57.9 Å². The zero-order valence-electron chi connectivity index (χ0n) is 18.3. The Morgan fingerprint density at radius 2 is 1.88 bits per heavy atom. The molecule has 0 aliphatic heterocycles. The molecule has 0 bridgehead atoms. The predicted molar refractivity (Wildman–Crippen MR) is 123 cm³/mol. The highest BCUT2D eigenvalue weighted by molar-refractivity contribution is 7.89. The SMILES string of the molecule is CCS(=O)(=O)NC1CCC(Nc2ncc3cccc(C(=O)N[C@@H]4CCC[C@H]4O)c3n2)CC1. The van der Waals surface area contributed by atoms with E-state index in [4.69, 9.17) is 0 Å². The normalized spacial score (nSPS) is 26.2. The smallest absolute Gasteiger partial charge is 0.253 e. The molecule has 2 atom stereocenters. The van der Waals surface area contributed by atoms with Crippen LogP contribution in [0.5, 0.6) is 0 Å². The number of nitrogens with zero attached hydrogens (tertiary/aromatic N) is 2. The fourth-order valence-electron chi connectivity index (χ4n) is 4.54. The van der Waals surface area contributed by atoms with Crippen molar-refractivity contribution in [3.63, 3.8) is 0 Å². The van der Waals surface area contributed by atoms with Crippen molar-refractivity contribution in [3.8, 4) is 0 Å². The van der Waals surface area contributed by atoms with Gasteiger partial charge in [0.25, 0.3) is 5.91 Å². The monoisotopic (exact) mass is 461 g/mol. The van der Waals surface area contributed by atoms with Crippen LogP contribution in [0.2, 0.25) is 0 Å². The second-order valence-electron chi connectivity index (χ2n) is 8.73. The maximum absolute atomic E-state index is 12.9. The molecule has 0 radical (unpaired) electrons. The van der Waals surface area contributed by atoms with Crippen molar-refractivity contribution in [2.24, 2.45) is 0 Å². The number of carbonyl (C=O) groups is 1. The lowest BCUT2D eigenvalue weighted by molar-refractivity contribution is 0.0874. The standard InChI is InChI=1S/C22H31N5O4S/c1-2-32(30,31)27-16-11-9-15(10-12-16)24-22-23-13-14-5-3-6-17(20(14)26-22)21(29)25-18-7-4-8-19(18)28/h3,5-6,13,15-16,18-19,27-28H,2,4,7-12H2,1H3,(H,25,29)(H,23,24,26)/t15?,16?,18-,19-/m1/s1. The van der Waals surface area contributed by atoms with Crippen LogP contribution in [-0.2, 0) is 10.0 Å². The summed E-state index contributed by atoms with van der Waals surface area (Å²) in [7, 11) is -3.19. The Labute approximate surface area is 188 Å². The molecule has 9 nitrogen and oxygen atoms in total. The van der Waals surface area contributed by atoms with Gasteiger partial charge in [-0.2, -0.15) is 0 Å². The van der Waals surface area contributed by atoms with Gasteiger partial charge < -0.3 is 15.7 Å². The van der Waals surface area contributed by atoms with Gasteiger partial charge in [0, 0.05) is 23.7 Å². The van der Waals surface area contributed by atoms with Crippen LogP contribution in [-0.4, -0.2) is 59.4 Å². The maximum Gasteiger partial charge on any atom is 0.253 e. The Morgan fingerprint density at radius 3 is 2.56 bits per heavy atom. The van der Waals surface area contributed by atoms with Crippen LogP contribution in [0.4, 0.5) is 5.95 Å². The van der Waals surface area contributed by atoms with Crippen LogP contribution >= 0.6 is 0 Å². The molecule has 0 spiro atoms. The van der Waals surface area contributed by atoms with E-state index >= 15 is 0 Å². The fraction of sp³-hybridized carbons (Fsp3) is 0.591. The number of amides is 1. The van der Waals surface area contributed by atoms with Crippen LogP contribution < -0.4 is 15.4 Å². The average Bonchev–Trinajstić information content (AvgIpc) is 3.18. The molecule has 4 rings (SSSR count). The van der Waals surface area contributed by atoms with Gasteiger partial charge in [0.2, 0.25) is 16.0 Å². The lowest BCUT2D eigenvalue weighted by atomic mass is 9.92. The average molecular weight is 462 g/mol. The van der Waals surface area contributed by atoms with Crippen molar-refractivity contribution in [1.82, 2.24) is 20.0 Å². The maximum atomic E-state index is 12.9. The molecule has 1 aromatic carbocycles. The van der Waals surface area contributed by atoms with Crippen molar-refractivity contribution in [2.45, 2.75) is 76.1 Å². The Bertz CT molecular complexity index is 1070. The minimum absolute atomic E-state index is 0.0308. The van der Waals surface area contributed by atoms with E-state index in [0.717, 1.165) is 43.9 Å². The molecule has 4 N–H and O–H groups in total. The number of para-hydroxylation sites is 1. The first-order valence-corrected chi connectivity index (χ1v) is 13.0. The van der Waals surface area contributed by atoms with E-state index in [9.17, 15) is 18.3 Å². The number of benzene rings is 1. The molecule has 1 aromatic heterocycles. The van der Waals surface area contributed by atoms with Gasteiger partial charge in [-0.3, -0.25) is 4.79 Å². The van der Waals surface area contributed by atoms with Gasteiger partial charge in [0.05, 0.1) is 29.0 Å². The predicted octanol–water partition coefficient (Wildman–Crippen LogP) is 1.94. The van der Waals surface area contributed by atoms with Gasteiger partial charge in [-0.15, -0.1) is 0 Å². The number of fused-ring (bicyclic) bond motifs is 1. The number of nitrogens with one attached hydrogen (secondary N) is 3. The van der Waals surface area contributed by atoms with Crippen molar-refractivity contribution < 1.29 is 18.3 Å². The lowest BCUT2D eigenvalue weighted by Crippen LogP contribution is -2.40. The van der Waals surface area contributed by atoms with Crippen LogP contribution in [0.15, 0.2) is 24.4 Å². The van der Waals surface area contributed by atoms with E-state index in [1.165, 1.54) is 0 Å². The first kappa shape index (κ1) is 22.9. The minimum Gasteiger partial charge on any atom is -0.391 e. The number of aromatic nitrogens is 2. The number of rotatable bonds is 7. The summed E-state index contributed by atoms with van der Waals surface area (Å²) in [4.78, 5) is 21.9.